The average molecular weight is 885 g/mol. The van der Waals surface area contributed by atoms with E-state index in [0.717, 1.165) is 55.9 Å². The average Bonchev–Trinajstić information content (AvgIpc) is 4.12. The molecule has 3 aliphatic carbocycles. The quantitative estimate of drug-likeness (QED) is 0.0683. The lowest BCUT2D eigenvalue weighted by Crippen LogP contribution is -2.53. The largest absolute Gasteiger partial charge is 0.491 e. The Morgan fingerprint density at radius 2 is 1.71 bits per heavy atom. The third-order valence-corrected chi connectivity index (χ3v) is 14.0. The minimum absolute atomic E-state index is 0.00206. The second-order valence-electron chi connectivity index (χ2n) is 17.5. The van der Waals surface area contributed by atoms with Crippen LogP contribution in [0.1, 0.15) is 97.3 Å². The van der Waals surface area contributed by atoms with Gasteiger partial charge in [-0.1, -0.05) is 37.1 Å². The van der Waals surface area contributed by atoms with Crippen molar-refractivity contribution >= 4 is 55.9 Å². The van der Waals surface area contributed by atoms with Gasteiger partial charge in [-0.05, 0) is 120 Å². The van der Waals surface area contributed by atoms with Crippen LogP contribution in [0.25, 0.3) is 33.5 Å². The van der Waals surface area contributed by atoms with Gasteiger partial charge in [0.2, 0.25) is 33.3 Å². The number of furan rings is 1. The number of carbonyl (C=O) groups is 4. The maximum Gasteiger partial charge on any atom is 0.408 e. The standard InChI is InChI=1S/C46H56N6O10S/c1-27(2)59-31-20-18-28(19-21-31)42-49-39-34-15-10-11-17-38(34)62-40(39)44(50-42)60-32-25-37(41(47)53)52(26-32)45(55)36(48-46(56)61-30-13-8-9-14-30)16-7-5-3-4-6-12-29-24-35(29)43(54)51-63(57,58)33-22-23-33/h6,10-12,15,17-21,27,29-30,32-33,35-37H,3-5,7-9,13-14,16,22-26H2,1-2H3,(H2,47,53)(H,48,56)(H,51,54)/b12-6-/t29-,32-,35+,36+,37+/m1/s1. The molecule has 2 aromatic carbocycles. The van der Waals surface area contributed by atoms with E-state index in [1.807, 2.05) is 74.5 Å². The maximum atomic E-state index is 14.4. The first-order valence-electron chi connectivity index (χ1n) is 22.2. The Morgan fingerprint density at radius 3 is 2.44 bits per heavy atom. The number of fused-ring (bicyclic) bond motifs is 3. The molecule has 1 aliphatic heterocycles. The molecule has 3 saturated carbocycles. The molecule has 4 fully saturated rings. The van der Waals surface area contributed by atoms with E-state index in [0.29, 0.717) is 60.4 Å². The summed E-state index contributed by atoms with van der Waals surface area (Å²) in [5.74, 6) is -0.646. The number of benzene rings is 2. The van der Waals surface area contributed by atoms with Gasteiger partial charge in [0.15, 0.2) is 5.82 Å². The predicted molar refractivity (Wildman–Crippen MR) is 234 cm³/mol. The number of primary amides is 1. The molecule has 2 aromatic heterocycles. The van der Waals surface area contributed by atoms with Crippen LogP contribution in [0.3, 0.4) is 0 Å². The molecule has 4 N–H and O–H groups in total. The highest BCUT2D eigenvalue weighted by Crippen LogP contribution is 2.41. The van der Waals surface area contributed by atoms with Crippen molar-refractivity contribution in [2.45, 2.75) is 133 Å². The number of likely N-dealkylation sites (tertiary alicyclic amines) is 1. The van der Waals surface area contributed by atoms with E-state index in [1.165, 1.54) is 4.90 Å². The van der Waals surface area contributed by atoms with Crippen LogP contribution in [0.4, 0.5) is 4.79 Å². The summed E-state index contributed by atoms with van der Waals surface area (Å²) in [5, 5.41) is 3.14. The van der Waals surface area contributed by atoms with E-state index in [4.69, 9.17) is 34.3 Å². The Hall–Kier alpha value is -5.71. The number of nitrogens with one attached hydrogen (secondary N) is 2. The van der Waals surface area contributed by atoms with Crippen LogP contribution in [0, 0.1) is 11.8 Å². The molecule has 5 atom stereocenters. The van der Waals surface area contributed by atoms with Gasteiger partial charge in [0.1, 0.15) is 41.1 Å². The van der Waals surface area contributed by atoms with Crippen LogP contribution < -0.4 is 25.2 Å². The molecule has 1 saturated heterocycles. The Kier molecular flexibility index (Phi) is 13.2. The third kappa shape index (κ3) is 10.7. The first-order chi connectivity index (χ1) is 30.3. The van der Waals surface area contributed by atoms with Crippen LogP contribution in [0.15, 0.2) is 65.1 Å². The molecule has 0 radical (unpaired) electrons. The number of hydrogen-bond donors (Lipinski definition) is 3. The van der Waals surface area contributed by atoms with Gasteiger partial charge < -0.3 is 34.6 Å². The number of allylic oxidation sites excluding steroid dienone is 2. The zero-order valence-corrected chi connectivity index (χ0v) is 36.5. The predicted octanol–water partition coefficient (Wildman–Crippen LogP) is 6.45. The summed E-state index contributed by atoms with van der Waals surface area (Å²) in [6.45, 7) is 3.91. The number of alkyl carbamates (subject to hydrolysis) is 1. The number of nitrogens with two attached hydrogens (primary N) is 1. The molecular formula is C46H56N6O10S. The minimum Gasteiger partial charge on any atom is -0.491 e. The molecule has 0 spiro atoms. The van der Waals surface area contributed by atoms with Crippen molar-refractivity contribution in [3.05, 3.63) is 60.7 Å². The van der Waals surface area contributed by atoms with Gasteiger partial charge in [0, 0.05) is 23.3 Å². The number of unbranched alkanes of at least 4 members (excludes halogenated alkanes) is 3. The van der Waals surface area contributed by atoms with Crippen LogP contribution in [-0.4, -0.2) is 89.3 Å². The molecule has 17 heteroatoms. The van der Waals surface area contributed by atoms with Gasteiger partial charge in [0.25, 0.3) is 5.88 Å². The van der Waals surface area contributed by atoms with E-state index in [9.17, 15) is 27.6 Å². The highest BCUT2D eigenvalue weighted by Gasteiger charge is 2.45. The summed E-state index contributed by atoms with van der Waals surface area (Å²) in [5.41, 5.74) is 8.11. The topological polar surface area (TPSA) is 222 Å². The molecule has 8 rings (SSSR count). The van der Waals surface area contributed by atoms with Crippen molar-refractivity contribution in [1.29, 1.82) is 0 Å². The lowest BCUT2D eigenvalue weighted by Gasteiger charge is -2.28. The first-order valence-corrected chi connectivity index (χ1v) is 23.8. The van der Waals surface area contributed by atoms with Crippen molar-refractivity contribution in [3.63, 3.8) is 0 Å². The number of ether oxygens (including phenoxy) is 3. The van der Waals surface area contributed by atoms with Crippen molar-refractivity contribution in [2.75, 3.05) is 6.54 Å². The summed E-state index contributed by atoms with van der Waals surface area (Å²) in [6.07, 6.45) is 10.9. The van der Waals surface area contributed by atoms with Gasteiger partial charge in [0.05, 0.1) is 17.9 Å². The first kappa shape index (κ1) is 43.9. The number of nitrogens with zero attached hydrogens (tertiary/aromatic N) is 3. The molecular weight excluding hydrogens is 829 g/mol. The summed E-state index contributed by atoms with van der Waals surface area (Å²) in [4.78, 5) is 64.0. The van der Waals surface area contributed by atoms with Gasteiger partial charge >= 0.3 is 6.09 Å². The zero-order valence-electron chi connectivity index (χ0n) is 35.7. The summed E-state index contributed by atoms with van der Waals surface area (Å²) < 4.78 is 50.8. The lowest BCUT2D eigenvalue weighted by molar-refractivity contribution is -0.139. The lowest BCUT2D eigenvalue weighted by atomic mass is 10.0. The number of para-hydroxylation sites is 1. The minimum atomic E-state index is -3.56. The number of carbonyl (C=O) groups excluding carboxylic acids is 4. The van der Waals surface area contributed by atoms with Crippen LogP contribution in [0.5, 0.6) is 11.6 Å². The Morgan fingerprint density at radius 1 is 0.952 bits per heavy atom. The fraction of sp³-hybridized carbons (Fsp3) is 0.522. The maximum absolute atomic E-state index is 14.4. The van der Waals surface area contributed by atoms with Crippen LogP contribution >= 0.6 is 0 Å². The third-order valence-electron chi connectivity index (χ3n) is 12.1. The van der Waals surface area contributed by atoms with Gasteiger partial charge in [-0.15, -0.1) is 0 Å². The SMILES string of the molecule is CC(C)Oc1ccc(-c2nc(O[C@@H]3C[C@@H](C(N)=O)N(C(=O)[C@H](CCCCC/C=C\[C@@H]4C[C@@H]4C(=O)NS(=O)(=O)C4CC4)NC(=O)OC4CCCC4)C3)c3oc4ccccc4c3n2)cc1. The van der Waals surface area contributed by atoms with Crippen LogP contribution in [0.2, 0.25) is 0 Å². The van der Waals surface area contributed by atoms with Crippen molar-refractivity contribution < 1.29 is 46.2 Å². The number of rotatable bonds is 19. The van der Waals surface area contributed by atoms with Crippen molar-refractivity contribution in [1.82, 2.24) is 24.9 Å². The Balaban J connectivity index is 0.930. The Labute approximate surface area is 366 Å². The molecule has 0 unspecified atom stereocenters. The van der Waals surface area contributed by atoms with Gasteiger partial charge in [-0.3, -0.25) is 19.1 Å². The van der Waals surface area contributed by atoms with Gasteiger partial charge in [-0.25, -0.2) is 18.2 Å². The highest BCUT2D eigenvalue weighted by atomic mass is 32.2. The number of aromatic nitrogens is 2. The zero-order chi connectivity index (χ0) is 44.3. The van der Waals surface area contributed by atoms with E-state index in [1.54, 1.807) is 0 Å². The fourth-order valence-corrected chi connectivity index (χ4v) is 9.89. The molecule has 4 amide bonds. The molecule has 63 heavy (non-hydrogen) atoms. The number of hydrogen-bond acceptors (Lipinski definition) is 12. The summed E-state index contributed by atoms with van der Waals surface area (Å²) in [6, 6.07) is 12.9. The summed E-state index contributed by atoms with van der Waals surface area (Å²) in [7, 11) is -3.56. The Bertz CT molecular complexity index is 2460. The van der Waals surface area contributed by atoms with Crippen LogP contribution in [-0.2, 0) is 29.1 Å². The number of sulfonamides is 1. The smallest absolute Gasteiger partial charge is 0.408 e. The van der Waals surface area contributed by atoms with Crippen molar-refractivity contribution in [2.24, 2.45) is 17.6 Å². The molecule has 4 aromatic rings. The molecule has 4 aliphatic rings. The van der Waals surface area contributed by atoms with E-state index in [2.05, 4.69) is 10.0 Å². The van der Waals surface area contributed by atoms with Crippen molar-refractivity contribution in [3.8, 4) is 23.0 Å². The van der Waals surface area contributed by atoms with E-state index in [-0.39, 0.29) is 42.9 Å². The second kappa shape index (κ2) is 19.0. The van der Waals surface area contributed by atoms with Gasteiger partial charge in [-0.2, -0.15) is 4.98 Å². The fourth-order valence-electron chi connectivity index (χ4n) is 8.54. The number of amides is 4. The second-order valence-corrected chi connectivity index (χ2v) is 19.5. The molecule has 3 heterocycles. The summed E-state index contributed by atoms with van der Waals surface area (Å²) >= 11 is 0. The molecule has 16 nitrogen and oxygen atoms in total. The van der Waals surface area contributed by atoms with E-state index < -0.39 is 57.3 Å². The molecule has 0 bridgehead atoms. The molecule has 336 valence electrons. The van der Waals surface area contributed by atoms with E-state index >= 15 is 0 Å². The normalized spacial score (nSPS) is 21.9. The monoisotopic (exact) mass is 884 g/mol. The highest BCUT2D eigenvalue weighted by molar-refractivity contribution is 7.90.